The lowest BCUT2D eigenvalue weighted by atomic mass is 10.2. The van der Waals surface area contributed by atoms with Crippen molar-refractivity contribution in [2.45, 2.75) is 13.5 Å². The molecule has 2 rings (SSSR count). The van der Waals surface area contributed by atoms with Gasteiger partial charge in [-0.3, -0.25) is 4.79 Å². The molecule has 4 nitrogen and oxygen atoms in total. The summed E-state index contributed by atoms with van der Waals surface area (Å²) in [5.74, 6) is 0.852. The summed E-state index contributed by atoms with van der Waals surface area (Å²) in [7, 11) is 2.00. The van der Waals surface area contributed by atoms with Gasteiger partial charge >= 0.3 is 0 Å². The predicted molar refractivity (Wildman–Crippen MR) is 93.2 cm³/mol. The van der Waals surface area contributed by atoms with Gasteiger partial charge in [0, 0.05) is 16.3 Å². The minimum Gasteiger partial charge on any atom is -0.494 e. The minimum atomic E-state index is -0.0178. The Bertz CT molecular complexity index is 626. The van der Waals surface area contributed by atoms with Crippen LogP contribution in [0.1, 0.15) is 12.5 Å². The second-order valence-corrected chi connectivity index (χ2v) is 5.88. The molecule has 0 fully saturated rings. The fourth-order valence-electron chi connectivity index (χ4n) is 2.29. The smallest absolute Gasteiger partial charge is 0.279 e. The summed E-state index contributed by atoms with van der Waals surface area (Å²) in [4.78, 5) is 13.2. The van der Waals surface area contributed by atoms with Gasteiger partial charge in [0.25, 0.3) is 5.91 Å². The maximum absolute atomic E-state index is 12.1. The Morgan fingerprint density at radius 1 is 1.13 bits per heavy atom. The van der Waals surface area contributed by atoms with Crippen LogP contribution < -0.4 is 15.0 Å². The molecule has 0 saturated heterocycles. The number of rotatable bonds is 7. The maximum Gasteiger partial charge on any atom is 0.279 e. The van der Waals surface area contributed by atoms with Crippen LogP contribution >= 0.6 is 11.6 Å². The zero-order valence-corrected chi connectivity index (χ0v) is 14.2. The van der Waals surface area contributed by atoms with Crippen molar-refractivity contribution in [2.24, 2.45) is 0 Å². The molecule has 23 heavy (non-hydrogen) atoms. The maximum atomic E-state index is 12.1. The molecule has 2 aromatic carbocycles. The van der Waals surface area contributed by atoms with Gasteiger partial charge in [-0.15, -0.1) is 0 Å². The molecule has 0 saturated carbocycles. The van der Waals surface area contributed by atoms with E-state index in [0.29, 0.717) is 18.2 Å². The molecule has 0 aliphatic rings. The van der Waals surface area contributed by atoms with Gasteiger partial charge in [0.15, 0.2) is 6.54 Å². The first-order chi connectivity index (χ1) is 11.1. The predicted octanol–water partition coefficient (Wildman–Crippen LogP) is 2.39. The van der Waals surface area contributed by atoms with Gasteiger partial charge < -0.3 is 15.0 Å². The second kappa shape index (κ2) is 8.56. The van der Waals surface area contributed by atoms with E-state index in [4.69, 9.17) is 16.3 Å². The molecule has 0 aromatic heterocycles. The fourth-order valence-corrected chi connectivity index (χ4v) is 2.42. The summed E-state index contributed by atoms with van der Waals surface area (Å²) in [6, 6.07) is 15.1. The molecule has 1 atom stereocenters. The topological polar surface area (TPSA) is 42.8 Å². The van der Waals surface area contributed by atoms with Crippen molar-refractivity contribution in [1.82, 2.24) is 0 Å². The Hall–Kier alpha value is -2.04. The van der Waals surface area contributed by atoms with Gasteiger partial charge in [0.1, 0.15) is 12.3 Å². The summed E-state index contributed by atoms with van der Waals surface area (Å²) in [6.45, 7) is 3.80. The SMILES string of the molecule is CCOc1ccc(C[NH+](C)CC(=O)Nc2ccc(Cl)cc2)cc1. The summed E-state index contributed by atoms with van der Waals surface area (Å²) in [5, 5.41) is 3.53. The molecule has 2 aromatic rings. The average Bonchev–Trinajstić information content (AvgIpc) is 2.51. The number of carbonyl (C=O) groups is 1. The van der Waals surface area contributed by atoms with Gasteiger partial charge in [0.05, 0.1) is 13.7 Å². The minimum absolute atomic E-state index is 0.0178. The number of benzene rings is 2. The molecule has 5 heteroatoms. The van der Waals surface area contributed by atoms with Gasteiger partial charge in [-0.1, -0.05) is 11.6 Å². The van der Waals surface area contributed by atoms with Crippen molar-refractivity contribution >= 4 is 23.2 Å². The molecule has 1 amide bonds. The standard InChI is InChI=1S/C18H21ClN2O2/c1-3-23-17-10-4-14(5-11-17)12-21(2)13-18(22)20-16-8-6-15(19)7-9-16/h4-11H,3,12-13H2,1-2H3,(H,20,22)/p+1. The molecule has 0 aliphatic carbocycles. The Labute approximate surface area is 142 Å². The third kappa shape index (κ3) is 5.93. The van der Waals surface area contributed by atoms with Crippen LogP contribution in [0.4, 0.5) is 5.69 Å². The molecular formula is C18H22ClN2O2+. The number of hydrogen-bond acceptors (Lipinski definition) is 2. The highest BCUT2D eigenvalue weighted by Crippen LogP contribution is 2.13. The van der Waals surface area contributed by atoms with Crippen LogP contribution in [-0.2, 0) is 11.3 Å². The van der Waals surface area contributed by atoms with Crippen LogP contribution in [0.25, 0.3) is 0 Å². The van der Waals surface area contributed by atoms with Crippen LogP contribution in [0.5, 0.6) is 5.75 Å². The molecule has 0 spiro atoms. The van der Waals surface area contributed by atoms with E-state index in [9.17, 15) is 4.79 Å². The van der Waals surface area contributed by atoms with Crippen molar-refractivity contribution in [1.29, 1.82) is 0 Å². The van der Waals surface area contributed by atoms with Crippen molar-refractivity contribution < 1.29 is 14.4 Å². The number of hydrogen-bond donors (Lipinski definition) is 2. The quantitative estimate of drug-likeness (QED) is 0.817. The van der Waals surface area contributed by atoms with Crippen LogP contribution in [0, 0.1) is 0 Å². The monoisotopic (exact) mass is 333 g/mol. The van der Waals surface area contributed by atoms with Gasteiger partial charge in [-0.05, 0) is 55.5 Å². The number of quaternary nitrogens is 1. The Morgan fingerprint density at radius 2 is 1.78 bits per heavy atom. The Balaban J connectivity index is 1.82. The van der Waals surface area contributed by atoms with E-state index in [0.717, 1.165) is 22.9 Å². The highest BCUT2D eigenvalue weighted by Gasteiger charge is 2.11. The zero-order valence-electron chi connectivity index (χ0n) is 13.4. The first kappa shape index (κ1) is 17.3. The average molecular weight is 334 g/mol. The molecule has 0 bridgehead atoms. The van der Waals surface area contributed by atoms with Crippen molar-refractivity contribution in [3.63, 3.8) is 0 Å². The first-order valence-corrected chi connectivity index (χ1v) is 8.03. The van der Waals surface area contributed by atoms with Gasteiger partial charge in [-0.2, -0.15) is 0 Å². The number of carbonyl (C=O) groups excluding carboxylic acids is 1. The lowest BCUT2D eigenvalue weighted by Gasteiger charge is -2.14. The molecule has 0 aliphatic heterocycles. The molecule has 122 valence electrons. The van der Waals surface area contributed by atoms with E-state index in [1.165, 1.54) is 5.56 Å². The third-order valence-electron chi connectivity index (χ3n) is 3.33. The number of halogens is 1. The Morgan fingerprint density at radius 3 is 2.39 bits per heavy atom. The van der Waals surface area contributed by atoms with E-state index < -0.39 is 0 Å². The lowest BCUT2D eigenvalue weighted by molar-refractivity contribution is -0.885. The van der Waals surface area contributed by atoms with Crippen LogP contribution in [-0.4, -0.2) is 26.1 Å². The molecule has 1 unspecified atom stereocenters. The normalized spacial score (nSPS) is 11.8. The van der Waals surface area contributed by atoms with E-state index in [2.05, 4.69) is 5.32 Å². The first-order valence-electron chi connectivity index (χ1n) is 7.65. The summed E-state index contributed by atoms with van der Waals surface area (Å²) in [5.41, 5.74) is 1.93. The number of anilines is 1. The zero-order chi connectivity index (χ0) is 16.7. The van der Waals surface area contributed by atoms with Crippen LogP contribution in [0.3, 0.4) is 0 Å². The summed E-state index contributed by atoms with van der Waals surface area (Å²) < 4.78 is 5.42. The number of amides is 1. The largest absolute Gasteiger partial charge is 0.494 e. The number of likely N-dealkylation sites (N-methyl/N-ethyl adjacent to an activating group) is 1. The second-order valence-electron chi connectivity index (χ2n) is 5.44. The molecular weight excluding hydrogens is 312 g/mol. The Kier molecular flexibility index (Phi) is 6.44. The molecule has 2 N–H and O–H groups in total. The van der Waals surface area contributed by atoms with Crippen molar-refractivity contribution in [3.05, 3.63) is 59.1 Å². The van der Waals surface area contributed by atoms with Crippen molar-refractivity contribution in [3.8, 4) is 5.75 Å². The summed E-state index contributed by atoms with van der Waals surface area (Å²) in [6.07, 6.45) is 0. The highest BCUT2D eigenvalue weighted by molar-refractivity contribution is 6.30. The van der Waals surface area contributed by atoms with E-state index in [1.54, 1.807) is 24.3 Å². The summed E-state index contributed by atoms with van der Waals surface area (Å²) >= 11 is 5.83. The number of nitrogens with one attached hydrogen (secondary N) is 2. The van der Waals surface area contributed by atoms with E-state index in [-0.39, 0.29) is 5.91 Å². The van der Waals surface area contributed by atoms with E-state index >= 15 is 0 Å². The lowest BCUT2D eigenvalue weighted by Crippen LogP contribution is -3.08. The molecule has 0 radical (unpaired) electrons. The molecule has 0 heterocycles. The van der Waals surface area contributed by atoms with E-state index in [1.807, 2.05) is 38.2 Å². The van der Waals surface area contributed by atoms with Gasteiger partial charge in [0.2, 0.25) is 0 Å². The van der Waals surface area contributed by atoms with Crippen LogP contribution in [0.15, 0.2) is 48.5 Å². The fraction of sp³-hybridized carbons (Fsp3) is 0.278. The third-order valence-corrected chi connectivity index (χ3v) is 3.58. The number of ether oxygens (including phenoxy) is 1. The highest BCUT2D eigenvalue weighted by atomic mass is 35.5. The van der Waals surface area contributed by atoms with Crippen molar-refractivity contribution in [2.75, 3.05) is 25.5 Å². The van der Waals surface area contributed by atoms with Crippen LogP contribution in [0.2, 0.25) is 5.02 Å². The van der Waals surface area contributed by atoms with Gasteiger partial charge in [-0.25, -0.2) is 0 Å².